The van der Waals surface area contributed by atoms with Crippen LogP contribution in [-0.4, -0.2) is 24.8 Å². The molecule has 156 valence electrons. The minimum absolute atomic E-state index is 0.0105. The van der Waals surface area contributed by atoms with E-state index in [0.717, 1.165) is 18.6 Å². The van der Waals surface area contributed by atoms with Crippen LogP contribution in [0.25, 0.3) is 0 Å². The van der Waals surface area contributed by atoms with Crippen molar-refractivity contribution in [3.05, 3.63) is 59.2 Å². The first-order chi connectivity index (χ1) is 14.6. The van der Waals surface area contributed by atoms with Crippen LogP contribution in [0.3, 0.4) is 0 Å². The van der Waals surface area contributed by atoms with Crippen molar-refractivity contribution in [1.29, 1.82) is 5.26 Å². The van der Waals surface area contributed by atoms with Crippen LogP contribution in [0.2, 0.25) is 0 Å². The summed E-state index contributed by atoms with van der Waals surface area (Å²) in [4.78, 5) is 27.1. The molecule has 2 aromatic carbocycles. The van der Waals surface area contributed by atoms with Gasteiger partial charge in [0.1, 0.15) is 5.75 Å². The van der Waals surface area contributed by atoms with E-state index in [2.05, 4.69) is 12.1 Å². The number of ether oxygens (including phenoxy) is 1. The summed E-state index contributed by atoms with van der Waals surface area (Å²) in [7, 11) is 0. The first-order valence-electron chi connectivity index (χ1n) is 10.7. The molecular weight excluding hydrogens is 376 g/mol. The molecule has 0 bridgehead atoms. The molecule has 1 aliphatic carbocycles. The summed E-state index contributed by atoms with van der Waals surface area (Å²) in [5.41, 5.74) is 4.00. The molecule has 1 amide bonds. The average Bonchev–Trinajstić information content (AvgIpc) is 2.78. The van der Waals surface area contributed by atoms with E-state index in [9.17, 15) is 9.59 Å². The maximum Gasteiger partial charge on any atom is 0.227 e. The monoisotopic (exact) mass is 404 g/mol. The zero-order valence-electron chi connectivity index (χ0n) is 17.5. The van der Waals surface area contributed by atoms with Gasteiger partial charge in [-0.15, -0.1) is 0 Å². The van der Waals surface area contributed by atoms with Crippen molar-refractivity contribution in [2.24, 2.45) is 0 Å². The highest BCUT2D eigenvalue weighted by Crippen LogP contribution is 2.24. The molecule has 0 unspecified atom stereocenters. The Kier molecular flexibility index (Phi) is 7.62. The SMILES string of the molecule is CCOc1ccc(N(CCC#N)C(=O)CCC(=O)c2ccc3c(c2)CCCC3)cc1. The number of anilines is 1. The van der Waals surface area contributed by atoms with Crippen LogP contribution in [0.1, 0.15) is 60.5 Å². The molecule has 0 spiro atoms. The Morgan fingerprint density at radius 3 is 2.47 bits per heavy atom. The van der Waals surface area contributed by atoms with Crippen molar-refractivity contribution in [2.45, 2.75) is 51.9 Å². The zero-order valence-corrected chi connectivity index (χ0v) is 17.5. The van der Waals surface area contributed by atoms with Gasteiger partial charge in [-0.05, 0) is 74.1 Å². The molecule has 0 saturated heterocycles. The minimum atomic E-state index is -0.152. The van der Waals surface area contributed by atoms with Gasteiger partial charge in [0, 0.05) is 30.6 Å². The molecule has 30 heavy (non-hydrogen) atoms. The molecule has 0 saturated carbocycles. The van der Waals surface area contributed by atoms with Crippen molar-refractivity contribution >= 4 is 17.4 Å². The van der Waals surface area contributed by atoms with Gasteiger partial charge in [0.2, 0.25) is 5.91 Å². The second-order valence-electron chi connectivity index (χ2n) is 7.49. The number of Topliss-reactive ketones (excluding diaryl/α,β-unsaturated/α-hetero) is 1. The lowest BCUT2D eigenvalue weighted by atomic mass is 9.89. The Morgan fingerprint density at radius 1 is 1.03 bits per heavy atom. The van der Waals surface area contributed by atoms with E-state index in [4.69, 9.17) is 10.00 Å². The van der Waals surface area contributed by atoms with Gasteiger partial charge in [-0.25, -0.2) is 0 Å². The van der Waals surface area contributed by atoms with E-state index < -0.39 is 0 Å². The first kappa shape index (κ1) is 21.6. The first-order valence-corrected chi connectivity index (χ1v) is 10.7. The molecular formula is C25H28N2O3. The number of aryl methyl sites for hydroxylation is 2. The van der Waals surface area contributed by atoms with Gasteiger partial charge in [-0.2, -0.15) is 5.26 Å². The Balaban J connectivity index is 1.65. The number of amides is 1. The Labute approximate surface area is 178 Å². The number of nitrogens with zero attached hydrogens (tertiary/aromatic N) is 2. The lowest BCUT2D eigenvalue weighted by Gasteiger charge is -2.22. The van der Waals surface area contributed by atoms with Crippen LogP contribution in [0, 0.1) is 11.3 Å². The van der Waals surface area contributed by atoms with E-state index in [-0.39, 0.29) is 31.0 Å². The van der Waals surface area contributed by atoms with Gasteiger partial charge >= 0.3 is 0 Å². The molecule has 2 aromatic rings. The van der Waals surface area contributed by atoms with Gasteiger partial charge < -0.3 is 9.64 Å². The van der Waals surface area contributed by atoms with Crippen LogP contribution in [0.5, 0.6) is 5.75 Å². The summed E-state index contributed by atoms with van der Waals surface area (Å²) in [6.07, 6.45) is 5.00. The second kappa shape index (κ2) is 10.6. The number of nitriles is 1. The third kappa shape index (κ3) is 5.48. The molecule has 0 atom stereocenters. The minimum Gasteiger partial charge on any atom is -0.494 e. The van der Waals surface area contributed by atoms with E-state index in [0.29, 0.717) is 24.4 Å². The van der Waals surface area contributed by atoms with E-state index >= 15 is 0 Å². The fourth-order valence-electron chi connectivity index (χ4n) is 3.86. The Hall–Kier alpha value is -3.13. The highest BCUT2D eigenvalue weighted by Gasteiger charge is 2.18. The Bertz CT molecular complexity index is 928. The summed E-state index contributed by atoms with van der Waals surface area (Å²) in [6, 6.07) is 15.3. The van der Waals surface area contributed by atoms with Crippen LogP contribution in [-0.2, 0) is 17.6 Å². The third-order valence-corrected chi connectivity index (χ3v) is 5.44. The number of hydrogen-bond acceptors (Lipinski definition) is 4. The van der Waals surface area contributed by atoms with Crippen molar-refractivity contribution in [3.8, 4) is 11.8 Å². The number of rotatable bonds is 9. The van der Waals surface area contributed by atoms with Gasteiger partial charge in [0.25, 0.3) is 0 Å². The largest absolute Gasteiger partial charge is 0.494 e. The van der Waals surface area contributed by atoms with Crippen LogP contribution < -0.4 is 9.64 Å². The van der Waals surface area contributed by atoms with E-state index in [1.807, 2.05) is 43.3 Å². The molecule has 0 aromatic heterocycles. The molecule has 0 aliphatic heterocycles. The highest BCUT2D eigenvalue weighted by atomic mass is 16.5. The molecule has 0 fully saturated rings. The van der Waals surface area contributed by atoms with Crippen molar-refractivity contribution in [1.82, 2.24) is 0 Å². The molecule has 0 heterocycles. The number of hydrogen-bond donors (Lipinski definition) is 0. The molecule has 0 radical (unpaired) electrons. The van der Waals surface area contributed by atoms with Crippen LogP contribution >= 0.6 is 0 Å². The van der Waals surface area contributed by atoms with Gasteiger partial charge in [-0.3, -0.25) is 9.59 Å². The van der Waals surface area contributed by atoms with Gasteiger partial charge in [0.05, 0.1) is 19.1 Å². The predicted octanol–water partition coefficient (Wildman–Crippen LogP) is 4.87. The molecule has 3 rings (SSSR count). The molecule has 5 heteroatoms. The lowest BCUT2D eigenvalue weighted by Crippen LogP contribution is -2.32. The lowest BCUT2D eigenvalue weighted by molar-refractivity contribution is -0.118. The Morgan fingerprint density at radius 2 is 1.77 bits per heavy atom. The summed E-state index contributed by atoms with van der Waals surface area (Å²) in [6.45, 7) is 2.79. The normalized spacial score (nSPS) is 12.5. The number of carbonyl (C=O) groups excluding carboxylic acids is 2. The summed E-state index contributed by atoms with van der Waals surface area (Å²) >= 11 is 0. The van der Waals surface area contributed by atoms with E-state index in [1.165, 1.54) is 24.0 Å². The zero-order chi connectivity index (χ0) is 21.3. The maximum atomic E-state index is 12.9. The van der Waals surface area contributed by atoms with Gasteiger partial charge in [-0.1, -0.05) is 12.1 Å². The molecule has 1 aliphatic rings. The van der Waals surface area contributed by atoms with Crippen LogP contribution in [0.4, 0.5) is 5.69 Å². The standard InChI is InChI=1S/C25H28N2O3/c1-2-30-23-12-10-22(11-13-23)27(17-5-16-26)25(29)15-14-24(28)21-9-8-19-6-3-4-7-20(19)18-21/h8-13,18H,2-7,14-15,17H2,1H3. The van der Waals surface area contributed by atoms with Crippen molar-refractivity contribution in [3.63, 3.8) is 0 Å². The fourth-order valence-corrected chi connectivity index (χ4v) is 3.86. The average molecular weight is 405 g/mol. The summed E-state index contributed by atoms with van der Waals surface area (Å²) in [5, 5.41) is 8.96. The van der Waals surface area contributed by atoms with E-state index in [1.54, 1.807) is 4.90 Å². The van der Waals surface area contributed by atoms with Gasteiger partial charge in [0.15, 0.2) is 5.78 Å². The van der Waals surface area contributed by atoms with Crippen molar-refractivity contribution < 1.29 is 14.3 Å². The molecule has 5 nitrogen and oxygen atoms in total. The summed E-state index contributed by atoms with van der Waals surface area (Å²) in [5.74, 6) is 0.570. The predicted molar refractivity (Wildman–Crippen MR) is 117 cm³/mol. The fraction of sp³-hybridized carbons (Fsp3) is 0.400. The summed E-state index contributed by atoms with van der Waals surface area (Å²) < 4.78 is 5.45. The quantitative estimate of drug-likeness (QED) is 0.559. The number of benzene rings is 2. The topological polar surface area (TPSA) is 70.4 Å². The third-order valence-electron chi connectivity index (χ3n) is 5.44. The number of ketones is 1. The number of fused-ring (bicyclic) bond motifs is 1. The second-order valence-corrected chi connectivity index (χ2v) is 7.49. The molecule has 0 N–H and O–H groups in total. The van der Waals surface area contributed by atoms with Crippen molar-refractivity contribution in [2.75, 3.05) is 18.1 Å². The van der Waals surface area contributed by atoms with Crippen LogP contribution in [0.15, 0.2) is 42.5 Å². The smallest absolute Gasteiger partial charge is 0.227 e. The highest BCUT2D eigenvalue weighted by molar-refractivity contribution is 6.01. The maximum absolute atomic E-state index is 12.9. The number of carbonyl (C=O) groups is 2.